The van der Waals surface area contributed by atoms with E-state index in [0.29, 0.717) is 16.9 Å². The number of nitrogens with one attached hydrogen (secondary N) is 2. The van der Waals surface area contributed by atoms with Gasteiger partial charge >= 0.3 is 0 Å². The predicted octanol–water partition coefficient (Wildman–Crippen LogP) is 2.80. The molecule has 8 heteroatoms. The molecular formula is C19H18FN5O2. The van der Waals surface area contributed by atoms with Crippen LogP contribution in [0.25, 0.3) is 0 Å². The minimum atomic E-state index is -0.507. The molecule has 0 radical (unpaired) electrons. The molecule has 7 nitrogen and oxygen atoms in total. The van der Waals surface area contributed by atoms with Crippen molar-refractivity contribution in [3.8, 4) is 0 Å². The molecule has 1 heterocycles. The van der Waals surface area contributed by atoms with Crippen LogP contribution in [0.2, 0.25) is 0 Å². The molecule has 3 aromatic rings. The number of carbonyl (C=O) groups excluding carboxylic acids is 2. The number of benzene rings is 2. The van der Waals surface area contributed by atoms with E-state index in [9.17, 15) is 14.0 Å². The maximum atomic E-state index is 13.6. The van der Waals surface area contributed by atoms with Crippen molar-refractivity contribution in [3.63, 3.8) is 0 Å². The molecule has 0 aliphatic carbocycles. The Labute approximate surface area is 155 Å². The highest BCUT2D eigenvalue weighted by Gasteiger charge is 2.15. The Morgan fingerprint density at radius 3 is 2.37 bits per heavy atom. The van der Waals surface area contributed by atoms with Gasteiger partial charge in [0.25, 0.3) is 0 Å². The summed E-state index contributed by atoms with van der Waals surface area (Å²) in [5.41, 5.74) is 1.47. The SMILES string of the molecule is C[C@@H](C(=O)Nc1ccc(NC(=O)Cc2ccccc2F)cc1)n1cncn1. The van der Waals surface area contributed by atoms with Crippen molar-refractivity contribution >= 4 is 23.2 Å². The van der Waals surface area contributed by atoms with E-state index in [1.807, 2.05) is 0 Å². The van der Waals surface area contributed by atoms with Gasteiger partial charge in [-0.3, -0.25) is 9.59 Å². The third-order valence-corrected chi connectivity index (χ3v) is 3.96. The fourth-order valence-electron chi connectivity index (χ4n) is 2.44. The van der Waals surface area contributed by atoms with Crippen LogP contribution < -0.4 is 10.6 Å². The second-order valence-corrected chi connectivity index (χ2v) is 5.93. The Morgan fingerprint density at radius 2 is 1.74 bits per heavy atom. The van der Waals surface area contributed by atoms with E-state index in [1.165, 1.54) is 23.4 Å². The highest BCUT2D eigenvalue weighted by molar-refractivity contribution is 5.95. The summed E-state index contributed by atoms with van der Waals surface area (Å²) >= 11 is 0. The number of carbonyl (C=O) groups is 2. The summed E-state index contributed by atoms with van der Waals surface area (Å²) in [4.78, 5) is 28.1. The van der Waals surface area contributed by atoms with Crippen LogP contribution >= 0.6 is 0 Å². The van der Waals surface area contributed by atoms with Crippen molar-refractivity contribution < 1.29 is 14.0 Å². The Kier molecular flexibility index (Phi) is 5.55. The van der Waals surface area contributed by atoms with Gasteiger partial charge in [-0.05, 0) is 42.8 Å². The first-order valence-corrected chi connectivity index (χ1v) is 8.31. The number of amides is 2. The van der Waals surface area contributed by atoms with Gasteiger partial charge in [0.15, 0.2) is 0 Å². The Morgan fingerprint density at radius 1 is 1.07 bits per heavy atom. The van der Waals surface area contributed by atoms with E-state index < -0.39 is 11.9 Å². The molecule has 1 atom stereocenters. The van der Waals surface area contributed by atoms with Crippen LogP contribution in [0.3, 0.4) is 0 Å². The van der Waals surface area contributed by atoms with Crippen molar-refractivity contribution in [3.05, 3.63) is 72.6 Å². The van der Waals surface area contributed by atoms with Crippen molar-refractivity contribution in [1.82, 2.24) is 14.8 Å². The highest BCUT2D eigenvalue weighted by Crippen LogP contribution is 2.16. The number of anilines is 2. The van der Waals surface area contributed by atoms with Gasteiger partial charge in [0.1, 0.15) is 24.5 Å². The number of hydrogen-bond donors (Lipinski definition) is 2. The van der Waals surface area contributed by atoms with Gasteiger partial charge in [-0.2, -0.15) is 5.10 Å². The summed E-state index contributed by atoms with van der Waals surface area (Å²) in [7, 11) is 0. The maximum absolute atomic E-state index is 13.6. The Hall–Kier alpha value is -3.55. The number of aromatic nitrogens is 3. The van der Waals surface area contributed by atoms with Crippen LogP contribution in [0.1, 0.15) is 18.5 Å². The number of halogens is 1. The number of rotatable bonds is 6. The van der Waals surface area contributed by atoms with Crippen LogP contribution in [0.5, 0.6) is 0 Å². The molecule has 0 unspecified atom stereocenters. The number of nitrogens with zero attached hydrogens (tertiary/aromatic N) is 3. The summed E-state index contributed by atoms with van der Waals surface area (Å²) in [5, 5.41) is 9.41. The molecule has 0 fully saturated rings. The minimum absolute atomic E-state index is 0.0550. The van der Waals surface area contributed by atoms with Gasteiger partial charge in [-0.1, -0.05) is 18.2 Å². The van der Waals surface area contributed by atoms with Crippen LogP contribution in [-0.2, 0) is 16.0 Å². The van der Waals surface area contributed by atoms with Crippen molar-refractivity contribution in [2.24, 2.45) is 0 Å². The summed E-state index contributed by atoms with van der Waals surface area (Å²) < 4.78 is 15.1. The van der Waals surface area contributed by atoms with Gasteiger partial charge in [-0.25, -0.2) is 14.1 Å². The third-order valence-electron chi connectivity index (χ3n) is 3.96. The normalized spacial score (nSPS) is 11.6. The molecule has 3 rings (SSSR count). The van der Waals surface area contributed by atoms with Crippen molar-refractivity contribution in [1.29, 1.82) is 0 Å². The molecule has 0 saturated heterocycles. The molecule has 0 aliphatic rings. The average Bonchev–Trinajstić information content (AvgIpc) is 3.19. The molecule has 0 spiro atoms. The molecule has 2 N–H and O–H groups in total. The van der Waals surface area contributed by atoms with Gasteiger partial charge in [0.2, 0.25) is 11.8 Å². The molecule has 1 aromatic heterocycles. The largest absolute Gasteiger partial charge is 0.326 e. The minimum Gasteiger partial charge on any atom is -0.326 e. The van der Waals surface area contributed by atoms with Crippen molar-refractivity contribution in [2.75, 3.05) is 10.6 Å². The molecular weight excluding hydrogens is 349 g/mol. The van der Waals surface area contributed by atoms with E-state index >= 15 is 0 Å². The predicted molar refractivity (Wildman–Crippen MR) is 98.5 cm³/mol. The first-order chi connectivity index (χ1) is 13.0. The maximum Gasteiger partial charge on any atom is 0.249 e. The third kappa shape index (κ3) is 4.75. The fourth-order valence-corrected chi connectivity index (χ4v) is 2.44. The summed E-state index contributed by atoms with van der Waals surface area (Å²) in [6.07, 6.45) is 2.78. The monoisotopic (exact) mass is 367 g/mol. The second-order valence-electron chi connectivity index (χ2n) is 5.93. The van der Waals surface area contributed by atoms with E-state index in [2.05, 4.69) is 20.7 Å². The van der Waals surface area contributed by atoms with Crippen molar-refractivity contribution in [2.45, 2.75) is 19.4 Å². The molecule has 0 bridgehead atoms. The van der Waals surface area contributed by atoms with E-state index in [0.717, 1.165) is 0 Å². The fraction of sp³-hybridized carbons (Fsp3) is 0.158. The summed E-state index contributed by atoms with van der Waals surface area (Å²) in [6, 6.07) is 12.3. The van der Waals surface area contributed by atoms with Gasteiger partial charge in [0.05, 0.1) is 6.42 Å². The highest BCUT2D eigenvalue weighted by atomic mass is 19.1. The quantitative estimate of drug-likeness (QED) is 0.701. The molecule has 138 valence electrons. The van der Waals surface area contributed by atoms with E-state index in [1.54, 1.807) is 49.4 Å². The molecule has 0 saturated carbocycles. The standard InChI is InChI=1S/C19H18FN5O2/c1-13(25-12-21-11-22-25)19(27)24-16-8-6-15(7-9-16)23-18(26)10-14-4-2-3-5-17(14)20/h2-9,11-13H,10H2,1H3,(H,23,26)(H,24,27)/t13-/m0/s1. The lowest BCUT2D eigenvalue weighted by atomic mass is 10.1. The molecule has 0 aliphatic heterocycles. The first kappa shape index (κ1) is 18.2. The lowest BCUT2D eigenvalue weighted by molar-refractivity contribution is -0.119. The first-order valence-electron chi connectivity index (χ1n) is 8.31. The molecule has 27 heavy (non-hydrogen) atoms. The van der Waals surface area contributed by atoms with E-state index in [4.69, 9.17) is 0 Å². The van der Waals surface area contributed by atoms with Crippen LogP contribution in [0.15, 0.2) is 61.2 Å². The van der Waals surface area contributed by atoms with Gasteiger partial charge < -0.3 is 10.6 Å². The van der Waals surface area contributed by atoms with Crippen LogP contribution in [0, 0.1) is 5.82 Å². The van der Waals surface area contributed by atoms with Gasteiger partial charge in [-0.15, -0.1) is 0 Å². The lowest BCUT2D eigenvalue weighted by Crippen LogP contribution is -2.24. The topological polar surface area (TPSA) is 88.9 Å². The number of hydrogen-bond acceptors (Lipinski definition) is 4. The zero-order valence-corrected chi connectivity index (χ0v) is 14.6. The summed E-state index contributed by atoms with van der Waals surface area (Å²) in [6.45, 7) is 1.71. The van der Waals surface area contributed by atoms with E-state index in [-0.39, 0.29) is 18.2 Å². The smallest absolute Gasteiger partial charge is 0.249 e. The van der Waals surface area contributed by atoms with Gasteiger partial charge in [0, 0.05) is 11.4 Å². The average molecular weight is 367 g/mol. The van der Waals surface area contributed by atoms with Crippen LogP contribution in [0.4, 0.5) is 15.8 Å². The molecule has 2 aromatic carbocycles. The second kappa shape index (κ2) is 8.22. The Balaban J connectivity index is 1.56. The summed E-state index contributed by atoms with van der Waals surface area (Å²) in [5.74, 6) is -0.972. The van der Waals surface area contributed by atoms with Crippen LogP contribution in [-0.4, -0.2) is 26.6 Å². The molecule has 2 amide bonds. The zero-order valence-electron chi connectivity index (χ0n) is 14.6. The zero-order chi connectivity index (χ0) is 19.2. The lowest BCUT2D eigenvalue weighted by Gasteiger charge is -2.12. The Bertz CT molecular complexity index is 926.